The van der Waals surface area contributed by atoms with E-state index < -0.39 is 34.1 Å². The van der Waals surface area contributed by atoms with Crippen LogP contribution in [-0.2, 0) is 33.3 Å². The molecule has 0 bridgehead atoms. The summed E-state index contributed by atoms with van der Waals surface area (Å²) in [6.45, 7) is 13.5. The van der Waals surface area contributed by atoms with E-state index in [1.807, 2.05) is 41.5 Å². The number of aldehydes is 1. The fraction of sp³-hybridized carbons (Fsp3) is 0.852. The van der Waals surface area contributed by atoms with Gasteiger partial charge in [-0.15, -0.1) is 0 Å². The van der Waals surface area contributed by atoms with E-state index in [1.165, 1.54) is 13.2 Å². The monoisotopic (exact) mass is 498 g/mol. The zero-order chi connectivity index (χ0) is 26.7. The molecule has 0 aliphatic heterocycles. The number of carbonyl (C=O) groups is 2. The zero-order valence-electron chi connectivity index (χ0n) is 23.0. The van der Waals surface area contributed by atoms with Gasteiger partial charge in [0, 0.05) is 37.4 Å². The fourth-order valence-corrected chi connectivity index (χ4v) is 6.01. The van der Waals surface area contributed by atoms with Crippen LogP contribution in [0.1, 0.15) is 74.1 Å². The quantitative estimate of drug-likeness (QED) is 0.339. The van der Waals surface area contributed by atoms with E-state index >= 15 is 0 Å². The maximum Gasteiger partial charge on any atom is 0.156 e. The van der Waals surface area contributed by atoms with Crippen LogP contribution >= 0.6 is 0 Å². The van der Waals surface area contributed by atoms with Gasteiger partial charge in [0.2, 0.25) is 0 Å². The highest BCUT2D eigenvalue weighted by Gasteiger charge is 2.59. The summed E-state index contributed by atoms with van der Waals surface area (Å²) in [5.74, 6) is -0.548. The van der Waals surface area contributed by atoms with Crippen molar-refractivity contribution in [1.29, 1.82) is 0 Å². The van der Waals surface area contributed by atoms with Crippen molar-refractivity contribution in [1.82, 2.24) is 0 Å². The summed E-state index contributed by atoms with van der Waals surface area (Å²) < 4.78 is 29.0. The molecule has 0 aromatic rings. The molecule has 6 atom stereocenters. The summed E-state index contributed by atoms with van der Waals surface area (Å²) in [7, 11) is 3.07. The van der Waals surface area contributed by atoms with Crippen LogP contribution in [0.3, 0.4) is 0 Å². The fourth-order valence-electron chi connectivity index (χ4n) is 6.01. The lowest BCUT2D eigenvalue weighted by molar-refractivity contribution is -0.229. The predicted molar refractivity (Wildman–Crippen MR) is 132 cm³/mol. The molecule has 0 saturated heterocycles. The van der Waals surface area contributed by atoms with E-state index in [9.17, 15) is 14.7 Å². The van der Waals surface area contributed by atoms with Crippen LogP contribution in [0.15, 0.2) is 11.6 Å². The van der Waals surface area contributed by atoms with Gasteiger partial charge in [-0.25, -0.2) is 0 Å². The van der Waals surface area contributed by atoms with Crippen molar-refractivity contribution in [3.8, 4) is 0 Å². The normalized spacial score (nSPS) is 34.4. The summed E-state index contributed by atoms with van der Waals surface area (Å²) >= 11 is 0. The lowest BCUT2D eigenvalue weighted by atomic mass is 9.56. The first kappa shape index (κ1) is 30.1. The third-order valence-electron chi connectivity index (χ3n) is 7.76. The Morgan fingerprint density at radius 1 is 1.14 bits per heavy atom. The maximum absolute atomic E-state index is 12.6. The van der Waals surface area contributed by atoms with E-state index in [4.69, 9.17) is 23.7 Å². The molecule has 1 saturated carbocycles. The standard InChI is InChI=1S/C27H46O8/c1-18-12-19(29)13-25(5,6)27(18,30)23(34-17-32-9)14-26(7)20(15-28)21(33-16-31-8)10-11-22(26)35-24(2,3)4/h12,15,20-23,30H,10-11,13-14,16-17H2,1-9H3/t20-,21-,22-,23?,26-,27?/m0/s1. The topological polar surface area (TPSA) is 101 Å². The molecule has 2 rings (SSSR count). The predicted octanol–water partition coefficient (Wildman–Crippen LogP) is 3.83. The molecule has 8 heteroatoms. The molecular formula is C27H46O8. The maximum atomic E-state index is 12.6. The number of hydrogen-bond donors (Lipinski definition) is 1. The first-order valence-corrected chi connectivity index (χ1v) is 12.4. The van der Waals surface area contributed by atoms with Crippen molar-refractivity contribution in [3.63, 3.8) is 0 Å². The van der Waals surface area contributed by atoms with Gasteiger partial charge in [0.05, 0.1) is 23.9 Å². The van der Waals surface area contributed by atoms with Gasteiger partial charge in [-0.1, -0.05) is 20.8 Å². The highest BCUT2D eigenvalue weighted by molar-refractivity contribution is 5.92. The lowest BCUT2D eigenvalue weighted by Crippen LogP contribution is -2.62. The number of methoxy groups -OCH3 is 2. The summed E-state index contributed by atoms with van der Waals surface area (Å²) in [5.41, 5.74) is -2.89. The lowest BCUT2D eigenvalue weighted by Gasteiger charge is -2.55. The number of aliphatic hydroxyl groups is 1. The molecule has 2 aliphatic carbocycles. The van der Waals surface area contributed by atoms with Gasteiger partial charge in [0.25, 0.3) is 0 Å². The Morgan fingerprint density at radius 2 is 1.77 bits per heavy atom. The number of allylic oxidation sites excluding steroid dienone is 1. The largest absolute Gasteiger partial charge is 0.382 e. The Morgan fingerprint density at radius 3 is 2.29 bits per heavy atom. The Kier molecular flexibility index (Phi) is 9.87. The minimum Gasteiger partial charge on any atom is -0.382 e. The van der Waals surface area contributed by atoms with Crippen molar-refractivity contribution in [3.05, 3.63) is 11.6 Å². The highest BCUT2D eigenvalue weighted by Crippen LogP contribution is 2.53. The second kappa shape index (κ2) is 11.5. The molecule has 0 aromatic heterocycles. The van der Waals surface area contributed by atoms with Crippen LogP contribution in [0.2, 0.25) is 0 Å². The molecule has 2 aliphatic rings. The van der Waals surface area contributed by atoms with E-state index in [-0.39, 0.29) is 38.0 Å². The minimum absolute atomic E-state index is 0.0284. The molecule has 2 unspecified atom stereocenters. The van der Waals surface area contributed by atoms with Crippen LogP contribution in [0.4, 0.5) is 0 Å². The van der Waals surface area contributed by atoms with E-state index in [2.05, 4.69) is 0 Å². The summed E-state index contributed by atoms with van der Waals surface area (Å²) in [6, 6.07) is 0. The smallest absolute Gasteiger partial charge is 0.156 e. The van der Waals surface area contributed by atoms with Crippen molar-refractivity contribution >= 4 is 12.1 Å². The summed E-state index contributed by atoms with van der Waals surface area (Å²) in [4.78, 5) is 25.0. The third kappa shape index (κ3) is 6.40. The van der Waals surface area contributed by atoms with Crippen molar-refractivity contribution in [2.75, 3.05) is 27.8 Å². The molecule has 8 nitrogen and oxygen atoms in total. The molecule has 0 amide bonds. The molecule has 0 heterocycles. The van der Waals surface area contributed by atoms with Crippen molar-refractivity contribution in [2.24, 2.45) is 16.7 Å². The number of hydrogen-bond acceptors (Lipinski definition) is 8. The first-order valence-electron chi connectivity index (χ1n) is 12.4. The zero-order valence-corrected chi connectivity index (χ0v) is 23.0. The first-order chi connectivity index (χ1) is 16.2. The second-order valence-corrected chi connectivity index (χ2v) is 12.0. The molecular weight excluding hydrogens is 452 g/mol. The Balaban J connectivity index is 2.59. The molecule has 0 spiro atoms. The van der Waals surface area contributed by atoms with Crippen LogP contribution < -0.4 is 0 Å². The molecule has 0 radical (unpaired) electrons. The average molecular weight is 499 g/mol. The Bertz CT molecular complexity index is 770. The number of rotatable bonds is 11. The summed E-state index contributed by atoms with van der Waals surface area (Å²) in [5, 5.41) is 12.2. The van der Waals surface area contributed by atoms with Gasteiger partial charge in [-0.3, -0.25) is 4.79 Å². The molecule has 1 fully saturated rings. The summed E-state index contributed by atoms with van der Waals surface area (Å²) in [6.07, 6.45) is 2.85. The van der Waals surface area contributed by atoms with E-state index in [1.54, 1.807) is 14.0 Å². The number of carbonyl (C=O) groups excluding carboxylic acids is 2. The van der Waals surface area contributed by atoms with Gasteiger partial charge in [0.1, 0.15) is 25.5 Å². The van der Waals surface area contributed by atoms with Gasteiger partial charge >= 0.3 is 0 Å². The Labute approximate surface area is 210 Å². The van der Waals surface area contributed by atoms with E-state index in [0.29, 0.717) is 24.8 Å². The van der Waals surface area contributed by atoms with E-state index in [0.717, 1.165) is 6.29 Å². The third-order valence-corrected chi connectivity index (χ3v) is 7.76. The van der Waals surface area contributed by atoms with Crippen LogP contribution in [-0.4, -0.2) is 74.5 Å². The SMILES string of the molecule is COCOC(C[C@]1(C)[C@@H](OC(C)(C)C)CC[C@H](OCOC)[C@@H]1C=O)C1(O)C(C)=CC(=O)CC1(C)C. The van der Waals surface area contributed by atoms with Gasteiger partial charge in [0.15, 0.2) is 5.78 Å². The van der Waals surface area contributed by atoms with Gasteiger partial charge < -0.3 is 33.6 Å². The second-order valence-electron chi connectivity index (χ2n) is 12.0. The van der Waals surface area contributed by atoms with Crippen LogP contribution in [0.5, 0.6) is 0 Å². The minimum atomic E-state index is -1.46. The van der Waals surface area contributed by atoms with Gasteiger partial charge in [-0.2, -0.15) is 0 Å². The average Bonchev–Trinajstić information content (AvgIpc) is 2.73. The van der Waals surface area contributed by atoms with Crippen LogP contribution in [0, 0.1) is 16.7 Å². The highest BCUT2D eigenvalue weighted by atomic mass is 16.7. The molecule has 35 heavy (non-hydrogen) atoms. The number of ether oxygens (including phenoxy) is 5. The number of ketones is 1. The van der Waals surface area contributed by atoms with Crippen LogP contribution in [0.25, 0.3) is 0 Å². The molecule has 0 aromatic carbocycles. The Hall–Kier alpha value is -1.16. The van der Waals surface area contributed by atoms with Crippen molar-refractivity contribution < 1.29 is 38.4 Å². The molecule has 202 valence electrons. The van der Waals surface area contributed by atoms with Crippen molar-refractivity contribution in [2.45, 2.75) is 104 Å². The molecule has 1 N–H and O–H groups in total. The van der Waals surface area contributed by atoms with Gasteiger partial charge in [-0.05, 0) is 58.6 Å².